The van der Waals surface area contributed by atoms with E-state index in [0.29, 0.717) is 24.5 Å². The zero-order valence-electron chi connectivity index (χ0n) is 18.6. The molecule has 2 aromatic carbocycles. The van der Waals surface area contributed by atoms with Crippen LogP contribution in [0.2, 0.25) is 0 Å². The van der Waals surface area contributed by atoms with Crippen LogP contribution in [0.1, 0.15) is 19.4 Å². The number of ether oxygens (including phenoxy) is 1. The number of nitrogens with zero attached hydrogens (tertiary/aromatic N) is 2. The zero-order chi connectivity index (χ0) is 23.3. The monoisotopic (exact) mass is 473 g/mol. The number of para-hydroxylation sites is 1. The lowest BCUT2D eigenvalue weighted by atomic mass is 10.1. The summed E-state index contributed by atoms with van der Waals surface area (Å²) in [6, 6.07) is 14.3. The number of hydrogen-bond acceptors (Lipinski definition) is 6. The molecule has 0 radical (unpaired) electrons. The maximum Gasteiger partial charge on any atom is 0.243 e. The molecule has 1 amide bonds. The summed E-state index contributed by atoms with van der Waals surface area (Å²) in [6.07, 6.45) is 0. The van der Waals surface area contributed by atoms with E-state index >= 15 is 0 Å². The predicted molar refractivity (Wildman–Crippen MR) is 129 cm³/mol. The highest BCUT2D eigenvalue weighted by atomic mass is 32.2. The standard InChI is InChI=1S/C23H27N3O4S2/c1-5-26(6-2)32(28,29)17-11-12-21(30-4)20(14-17)24-22(27)15-31-23-13-16(3)18-9-7-8-10-19(18)25-23/h7-14H,5-6,15H2,1-4H3,(H,24,27). The Morgan fingerprint density at radius 3 is 2.53 bits per heavy atom. The summed E-state index contributed by atoms with van der Waals surface area (Å²) in [4.78, 5) is 17.3. The van der Waals surface area contributed by atoms with Gasteiger partial charge in [0.25, 0.3) is 0 Å². The van der Waals surface area contributed by atoms with Crippen molar-refractivity contribution in [2.45, 2.75) is 30.7 Å². The molecule has 1 heterocycles. The Bertz CT molecular complexity index is 1230. The summed E-state index contributed by atoms with van der Waals surface area (Å²) in [5.41, 5.74) is 2.29. The third kappa shape index (κ3) is 5.23. The number of amides is 1. The van der Waals surface area contributed by atoms with Crippen LogP contribution in [0, 0.1) is 6.92 Å². The number of nitrogens with one attached hydrogen (secondary N) is 1. The van der Waals surface area contributed by atoms with Crippen LogP contribution in [-0.2, 0) is 14.8 Å². The third-order valence-electron chi connectivity index (χ3n) is 5.04. The average molecular weight is 474 g/mol. The van der Waals surface area contributed by atoms with Gasteiger partial charge in [0.05, 0.1) is 34.0 Å². The maximum absolute atomic E-state index is 12.8. The van der Waals surface area contributed by atoms with Gasteiger partial charge in [-0.25, -0.2) is 13.4 Å². The highest BCUT2D eigenvalue weighted by molar-refractivity contribution is 7.99. The minimum Gasteiger partial charge on any atom is -0.495 e. The summed E-state index contributed by atoms with van der Waals surface area (Å²) < 4.78 is 32.4. The number of aryl methyl sites for hydroxylation is 1. The van der Waals surface area contributed by atoms with E-state index in [1.54, 1.807) is 19.9 Å². The molecule has 0 saturated carbocycles. The summed E-state index contributed by atoms with van der Waals surface area (Å²) in [5, 5.41) is 4.61. The number of methoxy groups -OCH3 is 1. The molecule has 1 N–H and O–H groups in total. The van der Waals surface area contributed by atoms with Crippen LogP contribution in [0.3, 0.4) is 0 Å². The van der Waals surface area contributed by atoms with Crippen LogP contribution in [0.25, 0.3) is 10.9 Å². The number of benzene rings is 2. The van der Waals surface area contributed by atoms with Crippen LogP contribution < -0.4 is 10.1 Å². The number of carbonyl (C=O) groups is 1. The predicted octanol–water partition coefficient (Wildman–Crippen LogP) is 4.31. The van der Waals surface area contributed by atoms with Crippen LogP contribution in [-0.4, -0.2) is 49.6 Å². The minimum absolute atomic E-state index is 0.108. The summed E-state index contributed by atoms with van der Waals surface area (Å²) in [7, 11) is -2.18. The van der Waals surface area contributed by atoms with Crippen LogP contribution in [0.15, 0.2) is 58.5 Å². The van der Waals surface area contributed by atoms with Crippen molar-refractivity contribution < 1.29 is 17.9 Å². The first-order valence-electron chi connectivity index (χ1n) is 10.3. The van der Waals surface area contributed by atoms with Crippen molar-refractivity contribution in [1.82, 2.24) is 9.29 Å². The van der Waals surface area contributed by atoms with E-state index in [1.165, 1.54) is 35.3 Å². The number of thioether (sulfide) groups is 1. The first kappa shape index (κ1) is 24.0. The number of pyridine rings is 1. The molecule has 0 bridgehead atoms. The molecular weight excluding hydrogens is 446 g/mol. The van der Waals surface area contributed by atoms with E-state index in [4.69, 9.17) is 4.74 Å². The normalized spacial score (nSPS) is 11.7. The maximum atomic E-state index is 12.8. The molecule has 0 fully saturated rings. The van der Waals surface area contributed by atoms with Gasteiger partial charge in [-0.05, 0) is 42.8 Å². The fourth-order valence-corrected chi connectivity index (χ4v) is 5.64. The molecule has 7 nitrogen and oxygen atoms in total. The molecule has 3 rings (SSSR count). The Morgan fingerprint density at radius 1 is 1.12 bits per heavy atom. The molecule has 9 heteroatoms. The number of fused-ring (bicyclic) bond motifs is 1. The molecule has 0 spiro atoms. The van der Waals surface area contributed by atoms with E-state index in [9.17, 15) is 13.2 Å². The van der Waals surface area contributed by atoms with Crippen molar-refractivity contribution in [3.8, 4) is 5.75 Å². The lowest BCUT2D eigenvalue weighted by molar-refractivity contribution is -0.113. The second kappa shape index (κ2) is 10.3. The fourth-order valence-electron chi connectivity index (χ4n) is 3.38. The van der Waals surface area contributed by atoms with Crippen molar-refractivity contribution >= 4 is 44.3 Å². The van der Waals surface area contributed by atoms with Crippen molar-refractivity contribution in [3.63, 3.8) is 0 Å². The molecule has 3 aromatic rings. The molecule has 0 aliphatic carbocycles. The van der Waals surface area contributed by atoms with Crippen LogP contribution in [0.4, 0.5) is 5.69 Å². The van der Waals surface area contributed by atoms with Crippen molar-refractivity contribution in [1.29, 1.82) is 0 Å². The number of sulfonamides is 1. The molecule has 0 aliphatic heterocycles. The molecule has 0 aliphatic rings. The molecule has 0 saturated heterocycles. The largest absolute Gasteiger partial charge is 0.495 e. The van der Waals surface area contributed by atoms with Crippen molar-refractivity contribution in [3.05, 3.63) is 54.1 Å². The van der Waals surface area contributed by atoms with Gasteiger partial charge in [0.15, 0.2) is 0 Å². The first-order chi connectivity index (χ1) is 15.3. The van der Waals surface area contributed by atoms with Gasteiger partial charge >= 0.3 is 0 Å². The number of carbonyl (C=O) groups excluding carboxylic acids is 1. The molecule has 32 heavy (non-hydrogen) atoms. The lowest BCUT2D eigenvalue weighted by Gasteiger charge is -2.19. The Morgan fingerprint density at radius 2 is 1.84 bits per heavy atom. The highest BCUT2D eigenvalue weighted by Crippen LogP contribution is 2.30. The van der Waals surface area contributed by atoms with Gasteiger partial charge in [0.2, 0.25) is 15.9 Å². The summed E-state index contributed by atoms with van der Waals surface area (Å²) in [6.45, 7) is 6.31. The van der Waals surface area contributed by atoms with E-state index < -0.39 is 10.0 Å². The summed E-state index contributed by atoms with van der Waals surface area (Å²) in [5.74, 6) is 0.237. The van der Waals surface area contributed by atoms with Crippen molar-refractivity contribution in [2.24, 2.45) is 0 Å². The molecule has 1 aromatic heterocycles. The Kier molecular flexibility index (Phi) is 7.76. The van der Waals surface area contributed by atoms with Crippen LogP contribution >= 0.6 is 11.8 Å². The van der Waals surface area contributed by atoms with E-state index in [-0.39, 0.29) is 16.6 Å². The van der Waals surface area contributed by atoms with Gasteiger partial charge in [-0.2, -0.15) is 4.31 Å². The quantitative estimate of drug-likeness (QED) is 0.466. The van der Waals surface area contributed by atoms with Crippen LogP contribution in [0.5, 0.6) is 5.75 Å². The second-order valence-electron chi connectivity index (χ2n) is 7.08. The molecular formula is C23H27N3O4S2. The number of hydrogen-bond donors (Lipinski definition) is 1. The topological polar surface area (TPSA) is 88.6 Å². The van der Waals surface area contributed by atoms with E-state index in [1.807, 2.05) is 37.3 Å². The van der Waals surface area contributed by atoms with E-state index in [2.05, 4.69) is 10.3 Å². The SMILES string of the molecule is CCN(CC)S(=O)(=O)c1ccc(OC)c(NC(=O)CSc2cc(C)c3ccccc3n2)c1. The zero-order valence-corrected chi connectivity index (χ0v) is 20.2. The molecule has 0 atom stereocenters. The molecule has 170 valence electrons. The number of aromatic nitrogens is 1. The lowest BCUT2D eigenvalue weighted by Crippen LogP contribution is -2.30. The Balaban J connectivity index is 1.77. The summed E-state index contributed by atoms with van der Waals surface area (Å²) >= 11 is 1.32. The fraction of sp³-hybridized carbons (Fsp3) is 0.304. The smallest absolute Gasteiger partial charge is 0.243 e. The van der Waals surface area contributed by atoms with Gasteiger partial charge in [-0.1, -0.05) is 43.8 Å². The highest BCUT2D eigenvalue weighted by Gasteiger charge is 2.23. The Labute approximate surface area is 193 Å². The molecule has 0 unspecified atom stereocenters. The average Bonchev–Trinajstić information content (AvgIpc) is 2.78. The van der Waals surface area contributed by atoms with Gasteiger partial charge in [0, 0.05) is 18.5 Å². The first-order valence-corrected chi connectivity index (χ1v) is 12.7. The van der Waals surface area contributed by atoms with Gasteiger partial charge in [-0.15, -0.1) is 0 Å². The van der Waals surface area contributed by atoms with Gasteiger partial charge < -0.3 is 10.1 Å². The van der Waals surface area contributed by atoms with E-state index in [0.717, 1.165) is 21.5 Å². The Hall–Kier alpha value is -2.62. The number of rotatable bonds is 9. The van der Waals surface area contributed by atoms with Gasteiger partial charge in [0.1, 0.15) is 5.75 Å². The third-order valence-corrected chi connectivity index (χ3v) is 8.00. The van der Waals surface area contributed by atoms with Gasteiger partial charge in [-0.3, -0.25) is 4.79 Å². The minimum atomic E-state index is -3.65. The number of anilines is 1. The second-order valence-corrected chi connectivity index (χ2v) is 10.0. The van der Waals surface area contributed by atoms with Crippen molar-refractivity contribution in [2.75, 3.05) is 31.3 Å².